The van der Waals surface area contributed by atoms with Gasteiger partial charge in [0.1, 0.15) is 0 Å². The first-order valence-corrected chi connectivity index (χ1v) is 9.07. The van der Waals surface area contributed by atoms with E-state index in [-0.39, 0.29) is 11.7 Å². The van der Waals surface area contributed by atoms with Crippen molar-refractivity contribution in [1.29, 1.82) is 0 Å². The number of carbonyl (C=O) groups is 1. The molecule has 1 aliphatic rings. The van der Waals surface area contributed by atoms with E-state index in [0.29, 0.717) is 17.7 Å². The molecule has 1 N–H and O–H groups in total. The van der Waals surface area contributed by atoms with Gasteiger partial charge in [-0.3, -0.25) is 9.52 Å². The largest absolute Gasteiger partial charge is 0.339 e. The summed E-state index contributed by atoms with van der Waals surface area (Å²) in [6, 6.07) is 6.65. The molecule has 1 amide bonds. The zero-order chi connectivity index (χ0) is 15.3. The Kier molecular flexibility index (Phi) is 5.22. The zero-order valence-electron chi connectivity index (χ0n) is 12.3. The van der Waals surface area contributed by atoms with Crippen LogP contribution in [-0.4, -0.2) is 38.1 Å². The molecule has 0 atom stereocenters. The van der Waals surface area contributed by atoms with Crippen LogP contribution in [0.5, 0.6) is 0 Å². The summed E-state index contributed by atoms with van der Waals surface area (Å²) in [7, 11) is -3.29. The molecule has 1 fully saturated rings. The fourth-order valence-electron chi connectivity index (χ4n) is 2.35. The summed E-state index contributed by atoms with van der Waals surface area (Å²) < 4.78 is 26.1. The SMILES string of the molecule is CCCCS(=O)(=O)Nc1ccc(C(=O)N2CCCC2)cc1. The van der Waals surface area contributed by atoms with Crippen molar-refractivity contribution < 1.29 is 13.2 Å². The fourth-order valence-corrected chi connectivity index (χ4v) is 3.61. The molecular weight excluding hydrogens is 288 g/mol. The van der Waals surface area contributed by atoms with E-state index in [1.54, 1.807) is 24.3 Å². The van der Waals surface area contributed by atoms with Crippen molar-refractivity contribution in [1.82, 2.24) is 4.90 Å². The van der Waals surface area contributed by atoms with E-state index in [4.69, 9.17) is 0 Å². The van der Waals surface area contributed by atoms with Gasteiger partial charge in [-0.1, -0.05) is 13.3 Å². The number of likely N-dealkylation sites (tertiary alicyclic amines) is 1. The number of hydrogen-bond acceptors (Lipinski definition) is 3. The van der Waals surface area contributed by atoms with Crippen LogP contribution in [0.3, 0.4) is 0 Å². The molecule has 6 heteroatoms. The second-order valence-electron chi connectivity index (χ2n) is 5.35. The highest BCUT2D eigenvalue weighted by molar-refractivity contribution is 7.92. The smallest absolute Gasteiger partial charge is 0.253 e. The summed E-state index contributed by atoms with van der Waals surface area (Å²) in [6.45, 7) is 3.57. The Morgan fingerprint density at radius 2 is 1.81 bits per heavy atom. The Bertz CT molecular complexity index is 575. The highest BCUT2D eigenvalue weighted by atomic mass is 32.2. The van der Waals surface area contributed by atoms with Crippen molar-refractivity contribution in [3.05, 3.63) is 29.8 Å². The van der Waals surface area contributed by atoms with E-state index in [0.717, 1.165) is 32.4 Å². The number of rotatable bonds is 6. The van der Waals surface area contributed by atoms with E-state index in [9.17, 15) is 13.2 Å². The molecule has 0 aliphatic carbocycles. The van der Waals surface area contributed by atoms with Crippen LogP contribution in [-0.2, 0) is 10.0 Å². The molecule has 0 aromatic heterocycles. The van der Waals surface area contributed by atoms with Crippen molar-refractivity contribution in [3.63, 3.8) is 0 Å². The van der Waals surface area contributed by atoms with Crippen LogP contribution in [0.15, 0.2) is 24.3 Å². The second kappa shape index (κ2) is 6.93. The molecule has 0 saturated carbocycles. The average Bonchev–Trinajstić information content (AvgIpc) is 2.99. The van der Waals surface area contributed by atoms with Crippen LogP contribution in [0.25, 0.3) is 0 Å². The third-order valence-electron chi connectivity index (χ3n) is 3.57. The average molecular weight is 310 g/mol. The molecule has 1 heterocycles. The highest BCUT2D eigenvalue weighted by Crippen LogP contribution is 2.16. The number of hydrogen-bond donors (Lipinski definition) is 1. The van der Waals surface area contributed by atoms with Gasteiger partial charge < -0.3 is 4.90 Å². The summed E-state index contributed by atoms with van der Waals surface area (Å²) in [5.74, 6) is 0.144. The lowest BCUT2D eigenvalue weighted by atomic mass is 10.2. The lowest BCUT2D eigenvalue weighted by molar-refractivity contribution is 0.0793. The maximum atomic E-state index is 12.2. The predicted octanol–water partition coefficient (Wildman–Crippen LogP) is 2.46. The normalized spacial score (nSPS) is 15.2. The van der Waals surface area contributed by atoms with Crippen molar-refractivity contribution in [2.75, 3.05) is 23.6 Å². The van der Waals surface area contributed by atoms with Gasteiger partial charge in [-0.05, 0) is 43.5 Å². The summed E-state index contributed by atoms with van der Waals surface area (Å²) in [5.41, 5.74) is 1.11. The van der Waals surface area contributed by atoms with Crippen molar-refractivity contribution >= 4 is 21.6 Å². The Morgan fingerprint density at radius 3 is 2.38 bits per heavy atom. The van der Waals surface area contributed by atoms with Crippen molar-refractivity contribution in [2.45, 2.75) is 32.6 Å². The number of carbonyl (C=O) groups excluding carboxylic acids is 1. The molecule has 1 aliphatic heterocycles. The highest BCUT2D eigenvalue weighted by Gasteiger charge is 2.19. The van der Waals surface area contributed by atoms with E-state index in [2.05, 4.69) is 4.72 Å². The first kappa shape index (κ1) is 15.8. The van der Waals surface area contributed by atoms with E-state index >= 15 is 0 Å². The van der Waals surface area contributed by atoms with Gasteiger partial charge in [0, 0.05) is 24.3 Å². The Balaban J connectivity index is 2.00. The first-order valence-electron chi connectivity index (χ1n) is 7.41. The molecule has 1 aromatic carbocycles. The fraction of sp³-hybridized carbons (Fsp3) is 0.533. The molecule has 0 unspecified atom stereocenters. The third kappa shape index (κ3) is 4.46. The minimum absolute atomic E-state index is 0.0212. The molecule has 0 radical (unpaired) electrons. The number of nitrogens with zero attached hydrogens (tertiary/aromatic N) is 1. The lowest BCUT2D eigenvalue weighted by Gasteiger charge is -2.15. The lowest BCUT2D eigenvalue weighted by Crippen LogP contribution is -2.27. The molecule has 5 nitrogen and oxygen atoms in total. The number of benzene rings is 1. The van der Waals surface area contributed by atoms with Crippen molar-refractivity contribution in [2.24, 2.45) is 0 Å². The minimum atomic E-state index is -3.29. The van der Waals surface area contributed by atoms with Crippen LogP contribution in [0.4, 0.5) is 5.69 Å². The van der Waals surface area contributed by atoms with E-state index < -0.39 is 10.0 Å². The number of amides is 1. The van der Waals surface area contributed by atoms with Crippen LogP contribution in [0.1, 0.15) is 43.0 Å². The van der Waals surface area contributed by atoms with E-state index in [1.807, 2.05) is 11.8 Å². The molecule has 1 aromatic rings. The molecule has 0 spiro atoms. The maximum Gasteiger partial charge on any atom is 0.253 e. The Morgan fingerprint density at radius 1 is 1.19 bits per heavy atom. The van der Waals surface area contributed by atoms with Gasteiger partial charge in [0.05, 0.1) is 5.75 Å². The van der Waals surface area contributed by atoms with Crippen LogP contribution < -0.4 is 4.72 Å². The number of unbranched alkanes of at least 4 members (excludes halogenated alkanes) is 1. The monoisotopic (exact) mass is 310 g/mol. The van der Waals surface area contributed by atoms with Crippen LogP contribution in [0, 0.1) is 0 Å². The van der Waals surface area contributed by atoms with Crippen molar-refractivity contribution in [3.8, 4) is 0 Å². The maximum absolute atomic E-state index is 12.2. The minimum Gasteiger partial charge on any atom is -0.339 e. The van der Waals surface area contributed by atoms with Gasteiger partial charge in [-0.15, -0.1) is 0 Å². The predicted molar refractivity (Wildman–Crippen MR) is 83.9 cm³/mol. The first-order chi connectivity index (χ1) is 10.0. The number of anilines is 1. The van der Waals surface area contributed by atoms with Crippen LogP contribution in [0.2, 0.25) is 0 Å². The van der Waals surface area contributed by atoms with Gasteiger partial charge >= 0.3 is 0 Å². The molecule has 1 saturated heterocycles. The van der Waals surface area contributed by atoms with Gasteiger partial charge in [-0.2, -0.15) is 0 Å². The quantitative estimate of drug-likeness (QED) is 0.877. The summed E-state index contributed by atoms with van der Waals surface area (Å²) in [5, 5.41) is 0. The Hall–Kier alpha value is -1.56. The van der Waals surface area contributed by atoms with Gasteiger partial charge in [0.25, 0.3) is 5.91 Å². The molecule has 2 rings (SSSR count). The third-order valence-corrected chi connectivity index (χ3v) is 4.94. The van der Waals surface area contributed by atoms with Gasteiger partial charge in [0.15, 0.2) is 0 Å². The summed E-state index contributed by atoms with van der Waals surface area (Å²) in [4.78, 5) is 14.0. The topological polar surface area (TPSA) is 66.5 Å². The van der Waals surface area contributed by atoms with E-state index in [1.165, 1.54) is 0 Å². The number of nitrogens with one attached hydrogen (secondary N) is 1. The van der Waals surface area contributed by atoms with Gasteiger partial charge in [-0.25, -0.2) is 8.42 Å². The molecule has 0 bridgehead atoms. The zero-order valence-corrected chi connectivity index (χ0v) is 13.2. The second-order valence-corrected chi connectivity index (χ2v) is 7.19. The summed E-state index contributed by atoms with van der Waals surface area (Å²) >= 11 is 0. The molecule has 21 heavy (non-hydrogen) atoms. The number of sulfonamides is 1. The standard InChI is InChI=1S/C15H22N2O3S/c1-2-3-12-21(19,20)16-14-8-6-13(7-9-14)15(18)17-10-4-5-11-17/h6-9,16H,2-5,10-12H2,1H3. The molecular formula is C15H22N2O3S. The van der Waals surface area contributed by atoms with Gasteiger partial charge in [0.2, 0.25) is 10.0 Å². The molecule has 116 valence electrons. The Labute approximate surface area is 126 Å². The summed E-state index contributed by atoms with van der Waals surface area (Å²) in [6.07, 6.45) is 3.59. The van der Waals surface area contributed by atoms with Crippen LogP contribution >= 0.6 is 0 Å².